The molecule has 1 nitrogen and oxygen atoms in total. The molecule has 0 radical (unpaired) electrons. The predicted octanol–water partition coefficient (Wildman–Crippen LogP) is 9.68. The second kappa shape index (κ2) is 10.3. The van der Waals surface area contributed by atoms with Crippen molar-refractivity contribution in [3.8, 4) is 39.8 Å². The molecule has 38 heavy (non-hydrogen) atoms. The molecule has 1 atom stereocenters. The summed E-state index contributed by atoms with van der Waals surface area (Å²) in [6.07, 6.45) is 2.90. The minimum absolute atomic E-state index is 0.212. The quantitative estimate of drug-likeness (QED) is 0.168. The van der Waals surface area contributed by atoms with E-state index in [1.165, 1.54) is 44.1 Å². The average Bonchev–Trinajstić information content (AvgIpc) is 3.32. The number of allylic oxidation sites excluding steroid dienone is 1. The number of nitrogens with zero attached hydrogens (tertiary/aromatic N) is 1. The molecule has 182 valence electrons. The van der Waals surface area contributed by atoms with Gasteiger partial charge in [0.1, 0.15) is 0 Å². The van der Waals surface area contributed by atoms with Crippen LogP contribution in [-0.4, -0.2) is 4.57 Å². The fourth-order valence-corrected chi connectivity index (χ4v) is 5.17. The van der Waals surface area contributed by atoms with Gasteiger partial charge in [0.2, 0.25) is 0 Å². The van der Waals surface area contributed by atoms with Crippen molar-refractivity contribution in [3.05, 3.63) is 140 Å². The van der Waals surface area contributed by atoms with E-state index in [9.17, 15) is 0 Å². The molecule has 5 aromatic carbocycles. The van der Waals surface area contributed by atoms with E-state index < -0.39 is 0 Å². The van der Waals surface area contributed by atoms with E-state index in [2.05, 4.69) is 151 Å². The highest BCUT2D eigenvalue weighted by atomic mass is 15.0. The van der Waals surface area contributed by atoms with Crippen LogP contribution in [0, 0.1) is 17.8 Å². The van der Waals surface area contributed by atoms with Crippen LogP contribution in [0.3, 0.4) is 0 Å². The summed E-state index contributed by atoms with van der Waals surface area (Å²) in [5.41, 5.74) is 9.36. The third-order valence-electron chi connectivity index (χ3n) is 7.19. The maximum absolute atomic E-state index is 3.92. The lowest BCUT2D eigenvalue weighted by Crippen LogP contribution is -1.96. The molecule has 6 rings (SSSR count). The molecule has 0 bridgehead atoms. The Kier molecular flexibility index (Phi) is 6.39. The summed E-state index contributed by atoms with van der Waals surface area (Å²) in [5.74, 6) is 6.96. The Balaban J connectivity index is 1.60. The topological polar surface area (TPSA) is 4.93 Å². The van der Waals surface area contributed by atoms with Gasteiger partial charge in [-0.15, -0.1) is 6.58 Å². The highest BCUT2D eigenvalue weighted by Crippen LogP contribution is 2.36. The highest BCUT2D eigenvalue weighted by Gasteiger charge is 2.14. The van der Waals surface area contributed by atoms with Crippen LogP contribution in [0.15, 0.2) is 134 Å². The van der Waals surface area contributed by atoms with Gasteiger partial charge in [0.05, 0.1) is 11.0 Å². The predicted molar refractivity (Wildman–Crippen MR) is 163 cm³/mol. The van der Waals surface area contributed by atoms with Crippen LogP contribution in [0.5, 0.6) is 0 Å². The first kappa shape index (κ1) is 23.6. The van der Waals surface area contributed by atoms with Crippen molar-refractivity contribution in [2.45, 2.75) is 13.3 Å². The summed E-state index contributed by atoms with van der Waals surface area (Å²) in [6.45, 7) is 6.07. The monoisotopic (exact) mass is 487 g/mol. The second-order valence-corrected chi connectivity index (χ2v) is 9.60. The first-order valence-electron chi connectivity index (χ1n) is 13.2. The van der Waals surface area contributed by atoms with Crippen molar-refractivity contribution in [3.63, 3.8) is 0 Å². The smallest absolute Gasteiger partial charge is 0.0541 e. The van der Waals surface area contributed by atoms with Crippen LogP contribution in [0.4, 0.5) is 0 Å². The third kappa shape index (κ3) is 4.42. The van der Waals surface area contributed by atoms with Crippen molar-refractivity contribution in [1.29, 1.82) is 0 Å². The summed E-state index contributed by atoms with van der Waals surface area (Å²) in [5, 5.41) is 2.44. The van der Waals surface area contributed by atoms with E-state index in [4.69, 9.17) is 0 Å². The van der Waals surface area contributed by atoms with E-state index in [-0.39, 0.29) is 5.92 Å². The Morgan fingerprint density at radius 3 is 1.89 bits per heavy atom. The number of aromatic nitrogens is 1. The Hall–Kier alpha value is -4.80. The fraction of sp³-hybridized carbons (Fsp3) is 0.0811. The summed E-state index contributed by atoms with van der Waals surface area (Å²) < 4.78 is 2.39. The van der Waals surface area contributed by atoms with Crippen molar-refractivity contribution < 1.29 is 0 Å². The lowest BCUT2D eigenvalue weighted by molar-refractivity contribution is 0.802. The SMILES string of the molecule is C=CC(C#Cc1ccc2c(c1)c1ccccc1n2-c1cc(-c2ccccc2)cc(-c2ccccc2)c1)CC. The Morgan fingerprint density at radius 1 is 0.658 bits per heavy atom. The molecule has 1 aromatic heterocycles. The van der Waals surface area contributed by atoms with Crippen LogP contribution < -0.4 is 0 Å². The van der Waals surface area contributed by atoms with E-state index in [1.54, 1.807) is 0 Å². The molecule has 6 aromatic rings. The van der Waals surface area contributed by atoms with Gasteiger partial charge in [0.15, 0.2) is 0 Å². The minimum atomic E-state index is 0.212. The number of hydrogen-bond acceptors (Lipinski definition) is 0. The molecule has 1 unspecified atom stereocenters. The van der Waals surface area contributed by atoms with Crippen LogP contribution in [0.25, 0.3) is 49.7 Å². The summed E-state index contributed by atoms with van der Waals surface area (Å²) in [7, 11) is 0. The van der Waals surface area contributed by atoms with Crippen LogP contribution >= 0.6 is 0 Å². The highest BCUT2D eigenvalue weighted by molar-refractivity contribution is 6.09. The van der Waals surface area contributed by atoms with Crippen molar-refractivity contribution in [1.82, 2.24) is 4.57 Å². The molecule has 0 spiro atoms. The van der Waals surface area contributed by atoms with E-state index in [0.29, 0.717) is 0 Å². The summed E-state index contributed by atoms with van der Waals surface area (Å²) >= 11 is 0. The standard InChI is InChI=1S/C37H29N/c1-3-27(4-2)19-20-28-21-22-37-35(23-28)34-17-11-12-18-36(34)38(37)33-25-31(29-13-7-5-8-14-29)24-32(26-33)30-15-9-6-10-16-30/h3,5-18,21-27H,1,4H2,2H3. The van der Waals surface area contributed by atoms with Crippen molar-refractivity contribution in [2.75, 3.05) is 0 Å². The largest absolute Gasteiger partial charge is 0.309 e. The molecule has 0 fully saturated rings. The first-order valence-corrected chi connectivity index (χ1v) is 13.2. The van der Waals surface area contributed by atoms with Gasteiger partial charge in [-0.2, -0.15) is 0 Å². The number of benzene rings is 5. The molecule has 0 saturated heterocycles. The van der Waals surface area contributed by atoms with Gasteiger partial charge in [-0.1, -0.05) is 104 Å². The maximum atomic E-state index is 3.92. The molecule has 1 heteroatoms. The van der Waals surface area contributed by atoms with Gasteiger partial charge in [0, 0.05) is 27.9 Å². The van der Waals surface area contributed by atoms with Crippen LogP contribution in [0.1, 0.15) is 18.9 Å². The molecule has 0 saturated carbocycles. The van der Waals surface area contributed by atoms with Crippen LogP contribution in [-0.2, 0) is 0 Å². The second-order valence-electron chi connectivity index (χ2n) is 9.60. The molecule has 0 N–H and O–H groups in total. The number of hydrogen-bond donors (Lipinski definition) is 0. The minimum Gasteiger partial charge on any atom is -0.309 e. The molecule has 0 amide bonds. The lowest BCUT2D eigenvalue weighted by Gasteiger charge is -2.14. The Morgan fingerprint density at radius 2 is 1.26 bits per heavy atom. The molecule has 0 aliphatic rings. The van der Waals surface area contributed by atoms with Gasteiger partial charge < -0.3 is 4.57 Å². The zero-order chi connectivity index (χ0) is 25.9. The van der Waals surface area contributed by atoms with E-state index in [1.807, 2.05) is 6.08 Å². The molecule has 1 heterocycles. The van der Waals surface area contributed by atoms with Crippen molar-refractivity contribution >= 4 is 21.8 Å². The third-order valence-corrected chi connectivity index (χ3v) is 7.19. The molecule has 0 aliphatic carbocycles. The summed E-state index contributed by atoms with van der Waals surface area (Å²) in [6, 6.07) is 43.4. The molecular formula is C37H29N. The van der Waals surface area contributed by atoms with Crippen molar-refractivity contribution in [2.24, 2.45) is 5.92 Å². The molecule has 0 aliphatic heterocycles. The van der Waals surface area contributed by atoms with E-state index in [0.717, 1.165) is 17.7 Å². The van der Waals surface area contributed by atoms with Gasteiger partial charge in [-0.05, 0) is 71.1 Å². The lowest BCUT2D eigenvalue weighted by atomic mass is 9.98. The average molecular weight is 488 g/mol. The van der Waals surface area contributed by atoms with Gasteiger partial charge in [0.25, 0.3) is 0 Å². The number of para-hydroxylation sites is 1. The zero-order valence-corrected chi connectivity index (χ0v) is 21.6. The summed E-state index contributed by atoms with van der Waals surface area (Å²) in [4.78, 5) is 0. The molecular weight excluding hydrogens is 458 g/mol. The van der Waals surface area contributed by atoms with Gasteiger partial charge in [-0.25, -0.2) is 0 Å². The maximum Gasteiger partial charge on any atom is 0.0541 e. The Bertz CT molecular complexity index is 1750. The zero-order valence-electron chi connectivity index (χ0n) is 21.6. The Labute approximate surface area is 224 Å². The van der Waals surface area contributed by atoms with Crippen LogP contribution in [0.2, 0.25) is 0 Å². The number of fused-ring (bicyclic) bond motifs is 3. The first-order chi connectivity index (χ1) is 18.7. The van der Waals surface area contributed by atoms with Gasteiger partial charge >= 0.3 is 0 Å². The normalized spacial score (nSPS) is 11.7. The van der Waals surface area contributed by atoms with E-state index >= 15 is 0 Å². The fourth-order valence-electron chi connectivity index (χ4n) is 5.17. The number of rotatable bonds is 5. The van der Waals surface area contributed by atoms with Gasteiger partial charge in [-0.3, -0.25) is 0 Å².